The Hall–Kier alpha value is -1.86. The Morgan fingerprint density at radius 1 is 1.00 bits per heavy atom. The first kappa shape index (κ1) is 20.4. The molecule has 0 aliphatic heterocycles. The Kier molecular flexibility index (Phi) is 7.22. The van der Waals surface area contributed by atoms with Crippen LogP contribution in [0.2, 0.25) is 5.04 Å². The van der Waals surface area contributed by atoms with E-state index < -0.39 is 14.4 Å². The summed E-state index contributed by atoms with van der Waals surface area (Å²) in [5.41, 5.74) is 0. The van der Waals surface area contributed by atoms with Gasteiger partial charge in [-0.15, -0.1) is 12.3 Å². The van der Waals surface area contributed by atoms with Crippen molar-refractivity contribution in [3.8, 4) is 12.3 Å². The average Bonchev–Trinajstić information content (AvgIpc) is 2.62. The Balaban J connectivity index is 2.34. The lowest BCUT2D eigenvalue weighted by molar-refractivity contribution is 0.156. The highest BCUT2D eigenvalue weighted by atomic mass is 28.4. The van der Waals surface area contributed by atoms with E-state index in [1.54, 1.807) is 0 Å². The summed E-state index contributed by atoms with van der Waals surface area (Å²) in [4.78, 5) is 0. The Morgan fingerprint density at radius 2 is 1.50 bits per heavy atom. The minimum Gasteiger partial charge on any atom is -0.407 e. The van der Waals surface area contributed by atoms with Crippen LogP contribution in [0, 0.1) is 12.3 Å². The maximum Gasteiger partial charge on any atom is 0.261 e. The number of aliphatic hydroxyl groups excluding tert-OH is 1. The van der Waals surface area contributed by atoms with Crippen LogP contribution in [-0.2, 0) is 4.43 Å². The van der Waals surface area contributed by atoms with Crippen molar-refractivity contribution >= 4 is 18.7 Å². The van der Waals surface area contributed by atoms with E-state index in [0.717, 1.165) is 6.42 Å². The lowest BCUT2D eigenvalue weighted by atomic mass is 10.1. The van der Waals surface area contributed by atoms with E-state index in [1.807, 2.05) is 12.1 Å². The van der Waals surface area contributed by atoms with Gasteiger partial charge in [0.2, 0.25) is 0 Å². The van der Waals surface area contributed by atoms with Crippen LogP contribution in [0.25, 0.3) is 0 Å². The first-order valence-electron chi connectivity index (χ1n) is 9.28. The minimum absolute atomic E-state index is 0.0207. The largest absolute Gasteiger partial charge is 0.407 e. The normalized spacial score (nSPS) is 13.2. The fourth-order valence-corrected chi connectivity index (χ4v) is 8.15. The van der Waals surface area contributed by atoms with Gasteiger partial charge in [-0.3, -0.25) is 0 Å². The predicted molar refractivity (Wildman–Crippen MR) is 112 cm³/mol. The van der Waals surface area contributed by atoms with E-state index in [4.69, 9.17) is 10.8 Å². The highest BCUT2D eigenvalue weighted by Crippen LogP contribution is 2.36. The van der Waals surface area contributed by atoms with Gasteiger partial charge in [-0.25, -0.2) is 0 Å². The molecule has 0 radical (unpaired) electrons. The van der Waals surface area contributed by atoms with Crippen LogP contribution < -0.4 is 10.4 Å². The third-order valence-corrected chi connectivity index (χ3v) is 9.81. The van der Waals surface area contributed by atoms with Crippen molar-refractivity contribution in [2.45, 2.75) is 51.2 Å². The van der Waals surface area contributed by atoms with E-state index in [1.165, 1.54) is 10.4 Å². The molecule has 0 fully saturated rings. The Bertz CT molecular complexity index is 659. The van der Waals surface area contributed by atoms with Crippen LogP contribution in [0.15, 0.2) is 60.7 Å². The summed E-state index contributed by atoms with van der Waals surface area (Å²) >= 11 is 0. The third-order valence-electron chi connectivity index (χ3n) is 4.77. The van der Waals surface area contributed by atoms with Gasteiger partial charge in [0.25, 0.3) is 8.32 Å². The van der Waals surface area contributed by atoms with E-state index in [2.05, 4.69) is 75.2 Å². The molecule has 0 saturated carbocycles. The first-order chi connectivity index (χ1) is 12.4. The summed E-state index contributed by atoms with van der Waals surface area (Å²) in [6.07, 6.45) is 6.71. The molecule has 0 saturated heterocycles. The third kappa shape index (κ3) is 4.65. The molecule has 0 spiro atoms. The summed E-state index contributed by atoms with van der Waals surface area (Å²) in [6.45, 7) is 7.43. The van der Waals surface area contributed by atoms with E-state index >= 15 is 0 Å². The van der Waals surface area contributed by atoms with Crippen molar-refractivity contribution < 1.29 is 9.53 Å². The van der Waals surface area contributed by atoms with Crippen molar-refractivity contribution in [2.75, 3.05) is 6.61 Å². The van der Waals surface area contributed by atoms with Gasteiger partial charge < -0.3 is 9.53 Å². The molecule has 2 nitrogen and oxygen atoms in total. The van der Waals surface area contributed by atoms with E-state index in [9.17, 15) is 5.11 Å². The van der Waals surface area contributed by atoms with Crippen molar-refractivity contribution in [3.63, 3.8) is 0 Å². The van der Waals surface area contributed by atoms with Gasteiger partial charge in [0, 0.05) is 13.0 Å². The highest BCUT2D eigenvalue weighted by Gasteiger charge is 2.49. The molecule has 0 amide bonds. The maximum absolute atomic E-state index is 9.89. The quantitative estimate of drug-likeness (QED) is 0.438. The van der Waals surface area contributed by atoms with Gasteiger partial charge in [-0.2, -0.15) is 0 Å². The molecule has 2 rings (SSSR count). The monoisotopic (exact) mass is 366 g/mol. The zero-order chi connectivity index (χ0) is 19.0. The molecule has 0 unspecified atom stereocenters. The summed E-state index contributed by atoms with van der Waals surface area (Å²) < 4.78 is 6.77. The Morgan fingerprint density at radius 3 is 1.92 bits per heavy atom. The Labute approximate surface area is 159 Å². The first-order valence-corrected chi connectivity index (χ1v) is 11.2. The van der Waals surface area contributed by atoms with Gasteiger partial charge in [0.15, 0.2) is 0 Å². The lowest BCUT2D eigenvalue weighted by Gasteiger charge is -2.43. The van der Waals surface area contributed by atoms with Crippen molar-refractivity contribution in [3.05, 3.63) is 60.7 Å². The average molecular weight is 367 g/mol. The van der Waals surface area contributed by atoms with E-state index in [0.29, 0.717) is 19.4 Å². The molecule has 138 valence electrons. The fourth-order valence-electron chi connectivity index (χ4n) is 3.54. The molecule has 0 aliphatic rings. The highest BCUT2D eigenvalue weighted by molar-refractivity contribution is 6.99. The maximum atomic E-state index is 9.89. The molecule has 2 aromatic rings. The standard InChI is InChI=1S/C23H30O2Si/c1-5-13-20(24)14-12-19-25-26(23(2,3)4,21-15-8-6-9-16-21)22-17-10-7-11-18-22/h1,6-11,15-18,20,24H,12-14,19H2,2-4H3/t20-/m0/s1. The van der Waals surface area contributed by atoms with Gasteiger partial charge >= 0.3 is 0 Å². The van der Waals surface area contributed by atoms with Gasteiger partial charge in [-0.05, 0) is 28.3 Å². The molecule has 0 aromatic heterocycles. The number of aliphatic hydroxyl groups is 1. The minimum atomic E-state index is -2.46. The second-order valence-corrected chi connectivity index (χ2v) is 12.0. The molecular weight excluding hydrogens is 336 g/mol. The summed E-state index contributed by atoms with van der Waals surface area (Å²) in [6, 6.07) is 21.2. The molecule has 0 aliphatic carbocycles. The smallest absolute Gasteiger partial charge is 0.261 e. The number of hydrogen-bond donors (Lipinski definition) is 1. The molecule has 1 N–H and O–H groups in total. The lowest BCUT2D eigenvalue weighted by Crippen LogP contribution is -2.66. The number of benzene rings is 2. The van der Waals surface area contributed by atoms with Gasteiger partial charge in [0.1, 0.15) is 0 Å². The topological polar surface area (TPSA) is 29.5 Å². The molecule has 1 atom stereocenters. The van der Waals surface area contributed by atoms with Crippen molar-refractivity contribution in [1.29, 1.82) is 0 Å². The van der Waals surface area contributed by atoms with Crippen LogP contribution in [0.4, 0.5) is 0 Å². The fraction of sp³-hybridized carbons (Fsp3) is 0.391. The molecule has 2 aromatic carbocycles. The predicted octanol–water partition coefficient (Wildman–Crippen LogP) is 3.73. The number of rotatable bonds is 8. The van der Waals surface area contributed by atoms with Crippen LogP contribution >= 0.6 is 0 Å². The van der Waals surface area contributed by atoms with Crippen LogP contribution in [0.5, 0.6) is 0 Å². The van der Waals surface area contributed by atoms with Crippen LogP contribution in [0.1, 0.15) is 40.0 Å². The molecule has 0 bridgehead atoms. The van der Waals surface area contributed by atoms with Crippen molar-refractivity contribution in [1.82, 2.24) is 0 Å². The summed E-state index contributed by atoms with van der Waals surface area (Å²) in [7, 11) is -2.46. The van der Waals surface area contributed by atoms with Crippen LogP contribution in [0.3, 0.4) is 0 Å². The molecule has 3 heteroatoms. The second-order valence-electron chi connectivity index (χ2n) is 7.72. The van der Waals surface area contributed by atoms with Gasteiger partial charge in [-0.1, -0.05) is 81.4 Å². The number of terminal acetylenes is 1. The summed E-state index contributed by atoms with van der Waals surface area (Å²) in [5.74, 6) is 2.52. The van der Waals surface area contributed by atoms with Gasteiger partial charge in [0.05, 0.1) is 6.10 Å². The zero-order valence-corrected chi connectivity index (χ0v) is 17.1. The van der Waals surface area contributed by atoms with Crippen molar-refractivity contribution in [2.24, 2.45) is 0 Å². The second kappa shape index (κ2) is 9.18. The van der Waals surface area contributed by atoms with E-state index in [-0.39, 0.29) is 5.04 Å². The molecular formula is C23H30O2Si. The van der Waals surface area contributed by atoms with Crippen LogP contribution in [-0.4, -0.2) is 26.1 Å². The SMILES string of the molecule is C#CC[C@H](O)CCCO[Si](c1ccccc1)(c1ccccc1)C(C)(C)C. The zero-order valence-electron chi connectivity index (χ0n) is 16.1. The number of hydrogen-bond acceptors (Lipinski definition) is 2. The summed E-state index contributed by atoms with van der Waals surface area (Å²) in [5, 5.41) is 12.4. The molecule has 26 heavy (non-hydrogen) atoms. The molecule has 0 heterocycles.